The molecule has 51 heavy (non-hydrogen) atoms. The average molecular weight is 721 g/mol. The molecule has 2 unspecified atom stereocenters. The van der Waals surface area contributed by atoms with E-state index in [9.17, 15) is 19.5 Å². The molecular formula is C44H80O7. The van der Waals surface area contributed by atoms with Gasteiger partial charge in [0.2, 0.25) is 0 Å². The van der Waals surface area contributed by atoms with E-state index in [-0.39, 0.29) is 37.7 Å². The maximum absolute atomic E-state index is 12.2. The van der Waals surface area contributed by atoms with Gasteiger partial charge in [0.1, 0.15) is 0 Å². The van der Waals surface area contributed by atoms with E-state index in [2.05, 4.69) is 45.1 Å². The van der Waals surface area contributed by atoms with Crippen LogP contribution in [0.1, 0.15) is 201 Å². The largest absolute Gasteiger partial charge is 0.465 e. The molecule has 0 heterocycles. The molecule has 0 aliphatic carbocycles. The lowest BCUT2D eigenvalue weighted by atomic mass is 9.96. The number of carbonyl (C=O) groups excluding carboxylic acids is 3. The summed E-state index contributed by atoms with van der Waals surface area (Å²) in [5.41, 5.74) is 0. The summed E-state index contributed by atoms with van der Waals surface area (Å²) in [6.07, 6.45) is 38.1. The van der Waals surface area contributed by atoms with E-state index in [0.29, 0.717) is 31.8 Å². The Hall–Kier alpha value is -2.15. The lowest BCUT2D eigenvalue weighted by molar-refractivity contribution is -0.150. The first-order valence-electron chi connectivity index (χ1n) is 21.3. The van der Waals surface area contributed by atoms with E-state index < -0.39 is 5.92 Å². The summed E-state index contributed by atoms with van der Waals surface area (Å²) in [5, 5.41) is 9.63. The fourth-order valence-corrected chi connectivity index (χ4v) is 5.99. The molecule has 0 aromatic carbocycles. The molecule has 2 atom stereocenters. The summed E-state index contributed by atoms with van der Waals surface area (Å²) in [6, 6.07) is 0. The van der Waals surface area contributed by atoms with Crippen LogP contribution in [-0.2, 0) is 28.6 Å². The first kappa shape index (κ1) is 48.9. The Kier molecular flexibility index (Phi) is 37.4. The van der Waals surface area contributed by atoms with Crippen molar-refractivity contribution in [3.05, 3.63) is 24.3 Å². The number of rotatable bonds is 38. The third-order valence-corrected chi connectivity index (χ3v) is 9.47. The summed E-state index contributed by atoms with van der Waals surface area (Å²) in [7, 11) is 0. The van der Waals surface area contributed by atoms with Gasteiger partial charge in [0.05, 0.1) is 32.3 Å². The normalized spacial score (nSPS) is 12.8. The maximum atomic E-state index is 12.2. The Morgan fingerprint density at radius 3 is 1.29 bits per heavy atom. The van der Waals surface area contributed by atoms with Gasteiger partial charge in [0.25, 0.3) is 0 Å². The van der Waals surface area contributed by atoms with Gasteiger partial charge in [-0.1, -0.05) is 141 Å². The van der Waals surface area contributed by atoms with Crippen LogP contribution in [0.15, 0.2) is 24.3 Å². The standard InChI is InChI=1S/C44H80O7/c1-4-7-10-12-13-14-15-16-17-18-19-20-21-24-28-34-43(47)50-38-41(36-45)39-51-44(48)35-30-26-23-22-25-29-33-42(46)49-37-40(31-9-6-3)32-27-11-8-5-2/h13-14,16-17,40-41,45H,4-12,15,18-39H2,1-3H3/b14-13-,17-16-. The van der Waals surface area contributed by atoms with Crippen molar-refractivity contribution in [1.29, 1.82) is 0 Å². The van der Waals surface area contributed by atoms with Crippen molar-refractivity contribution in [3.63, 3.8) is 0 Å². The second kappa shape index (κ2) is 39.1. The Bertz CT molecular complexity index is 852. The minimum atomic E-state index is -0.401. The maximum Gasteiger partial charge on any atom is 0.305 e. The summed E-state index contributed by atoms with van der Waals surface area (Å²) in [4.78, 5) is 36.5. The van der Waals surface area contributed by atoms with E-state index in [1.54, 1.807) is 0 Å². The third kappa shape index (κ3) is 36.0. The molecule has 0 aromatic heterocycles. The van der Waals surface area contributed by atoms with E-state index >= 15 is 0 Å². The van der Waals surface area contributed by atoms with Crippen LogP contribution < -0.4 is 0 Å². The van der Waals surface area contributed by atoms with Crippen molar-refractivity contribution in [1.82, 2.24) is 0 Å². The fourth-order valence-electron chi connectivity index (χ4n) is 5.99. The number of unbranched alkanes of at least 4 members (excludes halogenated alkanes) is 17. The number of aliphatic hydroxyl groups excluding tert-OH is 1. The molecule has 7 heteroatoms. The van der Waals surface area contributed by atoms with Crippen molar-refractivity contribution in [3.8, 4) is 0 Å². The molecule has 0 rings (SSSR count). The monoisotopic (exact) mass is 721 g/mol. The van der Waals surface area contributed by atoms with Crippen LogP contribution in [-0.4, -0.2) is 49.4 Å². The molecule has 298 valence electrons. The van der Waals surface area contributed by atoms with Crippen LogP contribution in [0.2, 0.25) is 0 Å². The summed E-state index contributed by atoms with van der Waals surface area (Å²) < 4.78 is 16.3. The van der Waals surface area contributed by atoms with Crippen molar-refractivity contribution >= 4 is 17.9 Å². The molecule has 0 fully saturated rings. The molecular weight excluding hydrogens is 640 g/mol. The zero-order valence-electron chi connectivity index (χ0n) is 33.5. The number of hydrogen-bond acceptors (Lipinski definition) is 7. The lowest BCUT2D eigenvalue weighted by Crippen LogP contribution is -2.23. The first-order chi connectivity index (χ1) is 25.0. The van der Waals surface area contributed by atoms with Crippen LogP contribution in [0.25, 0.3) is 0 Å². The highest BCUT2D eigenvalue weighted by Crippen LogP contribution is 2.19. The molecule has 0 amide bonds. The molecule has 0 aromatic rings. The molecule has 0 radical (unpaired) electrons. The molecule has 0 saturated heterocycles. The smallest absolute Gasteiger partial charge is 0.305 e. The zero-order valence-corrected chi connectivity index (χ0v) is 33.5. The second-order valence-corrected chi connectivity index (χ2v) is 14.6. The van der Waals surface area contributed by atoms with Gasteiger partial charge in [-0.2, -0.15) is 0 Å². The van der Waals surface area contributed by atoms with Crippen LogP contribution in [0.4, 0.5) is 0 Å². The molecule has 0 aliphatic rings. The number of ether oxygens (including phenoxy) is 3. The van der Waals surface area contributed by atoms with Gasteiger partial charge in [-0.15, -0.1) is 0 Å². The van der Waals surface area contributed by atoms with Gasteiger partial charge in [0.15, 0.2) is 0 Å². The quantitative estimate of drug-likeness (QED) is 0.0293. The lowest BCUT2D eigenvalue weighted by Gasteiger charge is -2.16. The molecule has 0 aliphatic heterocycles. The highest BCUT2D eigenvalue weighted by atomic mass is 16.5. The predicted octanol–water partition coefficient (Wildman–Crippen LogP) is 11.9. The summed E-state index contributed by atoms with van der Waals surface area (Å²) in [6.45, 7) is 7.17. The molecule has 0 spiro atoms. The highest BCUT2D eigenvalue weighted by Gasteiger charge is 2.15. The molecule has 0 saturated carbocycles. The third-order valence-electron chi connectivity index (χ3n) is 9.47. The highest BCUT2D eigenvalue weighted by molar-refractivity contribution is 5.70. The Labute approximate surface area is 314 Å². The van der Waals surface area contributed by atoms with Gasteiger partial charge < -0.3 is 19.3 Å². The van der Waals surface area contributed by atoms with Gasteiger partial charge in [-0.3, -0.25) is 14.4 Å². The van der Waals surface area contributed by atoms with Crippen LogP contribution in [0.5, 0.6) is 0 Å². The van der Waals surface area contributed by atoms with Crippen LogP contribution in [0.3, 0.4) is 0 Å². The topological polar surface area (TPSA) is 99.1 Å². The van der Waals surface area contributed by atoms with E-state index in [1.165, 1.54) is 77.0 Å². The Balaban J connectivity index is 3.75. The first-order valence-corrected chi connectivity index (χ1v) is 21.3. The number of aliphatic hydroxyl groups is 1. The number of carbonyl (C=O) groups is 3. The number of hydrogen-bond donors (Lipinski definition) is 1. The minimum Gasteiger partial charge on any atom is -0.465 e. The van der Waals surface area contributed by atoms with E-state index in [0.717, 1.165) is 83.5 Å². The van der Waals surface area contributed by atoms with Gasteiger partial charge >= 0.3 is 17.9 Å². The van der Waals surface area contributed by atoms with Gasteiger partial charge in [-0.05, 0) is 70.1 Å². The predicted molar refractivity (Wildman–Crippen MR) is 212 cm³/mol. The summed E-state index contributed by atoms with van der Waals surface area (Å²) in [5.74, 6) is -0.509. The Morgan fingerprint density at radius 2 is 0.824 bits per heavy atom. The minimum absolute atomic E-state index is 0.0562. The SMILES string of the molecule is CCCCC/C=C\C/C=C\CCCCCCCC(=O)OCC(CO)COC(=O)CCCCCCCCC(=O)OCC(CCCC)CCCCCC. The average Bonchev–Trinajstić information content (AvgIpc) is 3.13. The second-order valence-electron chi connectivity index (χ2n) is 14.6. The molecule has 1 N–H and O–H groups in total. The number of esters is 3. The summed E-state index contributed by atoms with van der Waals surface area (Å²) >= 11 is 0. The van der Waals surface area contributed by atoms with Crippen molar-refractivity contribution in [2.45, 2.75) is 201 Å². The van der Waals surface area contributed by atoms with Crippen molar-refractivity contribution in [2.24, 2.45) is 11.8 Å². The van der Waals surface area contributed by atoms with Crippen LogP contribution >= 0.6 is 0 Å². The Morgan fingerprint density at radius 1 is 0.451 bits per heavy atom. The van der Waals surface area contributed by atoms with Gasteiger partial charge in [-0.25, -0.2) is 0 Å². The van der Waals surface area contributed by atoms with Crippen LogP contribution in [0, 0.1) is 11.8 Å². The molecule has 0 bridgehead atoms. The zero-order chi connectivity index (χ0) is 37.5. The van der Waals surface area contributed by atoms with Gasteiger partial charge in [0, 0.05) is 19.3 Å². The van der Waals surface area contributed by atoms with E-state index in [4.69, 9.17) is 14.2 Å². The van der Waals surface area contributed by atoms with Crippen molar-refractivity contribution in [2.75, 3.05) is 26.4 Å². The van der Waals surface area contributed by atoms with Crippen molar-refractivity contribution < 1.29 is 33.7 Å². The number of allylic oxidation sites excluding steroid dienone is 4. The molecule has 7 nitrogen and oxygen atoms in total. The van der Waals surface area contributed by atoms with E-state index in [1.807, 2.05) is 0 Å². The fraction of sp³-hybridized carbons (Fsp3) is 0.841.